The van der Waals surface area contributed by atoms with Crippen molar-refractivity contribution in [3.05, 3.63) is 64.4 Å². The lowest BCUT2D eigenvalue weighted by Crippen LogP contribution is -2.48. The summed E-state index contributed by atoms with van der Waals surface area (Å²) in [5.41, 5.74) is 1.86. The van der Waals surface area contributed by atoms with Gasteiger partial charge in [0, 0.05) is 28.6 Å². The van der Waals surface area contributed by atoms with Gasteiger partial charge in [0.25, 0.3) is 0 Å². The maximum atomic E-state index is 13.8. The summed E-state index contributed by atoms with van der Waals surface area (Å²) in [5.74, 6) is 0.160. The van der Waals surface area contributed by atoms with Gasteiger partial charge in [0.05, 0.1) is 11.9 Å². The lowest BCUT2D eigenvalue weighted by Gasteiger charge is -2.28. The van der Waals surface area contributed by atoms with Crippen LogP contribution in [0.5, 0.6) is 0 Å². The molecule has 29 heavy (non-hydrogen) atoms. The van der Waals surface area contributed by atoms with Gasteiger partial charge in [-0.3, -0.25) is 9.10 Å². The maximum absolute atomic E-state index is 13.8. The molecule has 0 aliphatic heterocycles. The van der Waals surface area contributed by atoms with Crippen LogP contribution < -0.4 is 9.62 Å². The minimum Gasteiger partial charge on any atom is -0.353 e. The zero-order valence-electron chi connectivity index (χ0n) is 16.5. The van der Waals surface area contributed by atoms with E-state index in [2.05, 4.69) is 5.32 Å². The number of anilines is 1. The first-order chi connectivity index (χ1) is 13.6. The molecule has 1 atom stereocenters. The van der Waals surface area contributed by atoms with Crippen molar-refractivity contribution in [1.82, 2.24) is 5.32 Å². The lowest BCUT2D eigenvalue weighted by molar-refractivity contribution is -0.121. The number of aryl methyl sites for hydroxylation is 1. The molecule has 2 aromatic rings. The summed E-state index contributed by atoms with van der Waals surface area (Å²) in [6.45, 7) is 3.77. The fourth-order valence-corrected chi connectivity index (χ4v) is 5.11. The highest BCUT2D eigenvalue weighted by Crippen LogP contribution is 2.24. The van der Waals surface area contributed by atoms with Crippen LogP contribution in [0.25, 0.3) is 0 Å². The van der Waals surface area contributed by atoms with E-state index in [4.69, 9.17) is 11.6 Å². The van der Waals surface area contributed by atoms with Crippen molar-refractivity contribution in [2.24, 2.45) is 0 Å². The number of halogens is 2. The highest BCUT2D eigenvalue weighted by Gasteiger charge is 2.28. The minimum absolute atomic E-state index is 0.325. The Kier molecular flexibility index (Phi) is 8.36. The van der Waals surface area contributed by atoms with Crippen LogP contribution in [0.1, 0.15) is 18.1 Å². The number of thioether (sulfide) groups is 1. The second-order valence-corrected chi connectivity index (χ2v) is 9.99. The Morgan fingerprint density at radius 3 is 2.48 bits per heavy atom. The SMILES string of the molecule is Cc1ccc(N(C(C)C(=O)NCCSCc2c(F)cccc2Cl)S(C)(=O)=O)cc1. The summed E-state index contributed by atoms with van der Waals surface area (Å²) in [4.78, 5) is 12.5. The van der Waals surface area contributed by atoms with Gasteiger partial charge in [-0.25, -0.2) is 12.8 Å². The van der Waals surface area contributed by atoms with Gasteiger partial charge >= 0.3 is 0 Å². The minimum atomic E-state index is -3.64. The zero-order chi connectivity index (χ0) is 21.6. The molecule has 0 aliphatic rings. The fraction of sp³-hybridized carbons (Fsp3) is 0.350. The molecule has 0 saturated carbocycles. The van der Waals surface area contributed by atoms with Crippen molar-refractivity contribution in [3.63, 3.8) is 0 Å². The van der Waals surface area contributed by atoms with Gasteiger partial charge in [0.1, 0.15) is 11.9 Å². The third-order valence-corrected chi connectivity index (χ3v) is 6.81. The predicted octanol–water partition coefficient (Wildman–Crippen LogP) is 3.99. The highest BCUT2D eigenvalue weighted by atomic mass is 35.5. The Labute approximate surface area is 180 Å². The molecule has 0 spiro atoms. The van der Waals surface area contributed by atoms with Gasteiger partial charge < -0.3 is 5.32 Å². The molecule has 158 valence electrons. The number of benzene rings is 2. The molecular weight excluding hydrogens is 435 g/mol. The first-order valence-electron chi connectivity index (χ1n) is 8.95. The van der Waals surface area contributed by atoms with Crippen LogP contribution in [-0.2, 0) is 20.6 Å². The molecule has 1 amide bonds. The summed E-state index contributed by atoms with van der Waals surface area (Å²) in [6.07, 6.45) is 1.07. The van der Waals surface area contributed by atoms with Crippen molar-refractivity contribution < 1.29 is 17.6 Å². The van der Waals surface area contributed by atoms with Crippen LogP contribution in [0.3, 0.4) is 0 Å². The fourth-order valence-electron chi connectivity index (χ4n) is 2.74. The van der Waals surface area contributed by atoms with E-state index in [0.29, 0.717) is 34.3 Å². The number of sulfonamides is 1. The Morgan fingerprint density at radius 2 is 1.90 bits per heavy atom. The standard InChI is InChI=1S/C20H24ClFN2O3S2/c1-14-7-9-16(10-8-14)24(29(3,26)27)15(2)20(25)23-11-12-28-13-17-18(21)5-4-6-19(17)22/h4-10,15H,11-13H2,1-3H3,(H,23,25). The molecule has 9 heteroatoms. The first kappa shape index (κ1) is 23.5. The number of carbonyl (C=O) groups excluding carboxylic acids is 1. The lowest BCUT2D eigenvalue weighted by atomic mass is 10.2. The normalized spacial score (nSPS) is 12.4. The molecule has 0 saturated heterocycles. The Morgan fingerprint density at radius 1 is 1.24 bits per heavy atom. The second-order valence-electron chi connectivity index (χ2n) is 6.61. The summed E-state index contributed by atoms with van der Waals surface area (Å²) >= 11 is 7.42. The van der Waals surface area contributed by atoms with E-state index in [0.717, 1.165) is 16.1 Å². The second kappa shape index (κ2) is 10.3. The van der Waals surface area contributed by atoms with E-state index in [1.54, 1.807) is 43.3 Å². The largest absolute Gasteiger partial charge is 0.353 e. The number of hydrogen-bond donors (Lipinski definition) is 1. The zero-order valence-corrected chi connectivity index (χ0v) is 18.9. The van der Waals surface area contributed by atoms with E-state index in [9.17, 15) is 17.6 Å². The van der Waals surface area contributed by atoms with Crippen LogP contribution in [0.15, 0.2) is 42.5 Å². The summed E-state index contributed by atoms with van der Waals surface area (Å²) in [5, 5.41) is 3.11. The monoisotopic (exact) mass is 458 g/mol. The summed E-state index contributed by atoms with van der Waals surface area (Å²) < 4.78 is 39.4. The molecule has 0 fully saturated rings. The summed E-state index contributed by atoms with van der Waals surface area (Å²) in [6, 6.07) is 10.6. The quantitative estimate of drug-likeness (QED) is 0.577. The Balaban J connectivity index is 1.92. The Bertz CT molecular complexity index is 932. The van der Waals surface area contributed by atoms with Crippen molar-refractivity contribution in [2.75, 3.05) is 22.9 Å². The number of nitrogens with one attached hydrogen (secondary N) is 1. The third-order valence-electron chi connectivity index (χ3n) is 4.23. The average molecular weight is 459 g/mol. The molecule has 0 heterocycles. The van der Waals surface area contributed by atoms with E-state index in [1.807, 2.05) is 6.92 Å². The molecule has 0 radical (unpaired) electrons. The molecule has 0 bridgehead atoms. The first-order valence-corrected chi connectivity index (χ1v) is 12.3. The van der Waals surface area contributed by atoms with Gasteiger partial charge in [-0.05, 0) is 38.1 Å². The number of nitrogens with zero attached hydrogens (tertiary/aromatic N) is 1. The van der Waals surface area contributed by atoms with E-state index in [-0.39, 0.29) is 5.82 Å². The molecule has 1 unspecified atom stereocenters. The summed E-state index contributed by atoms with van der Waals surface area (Å²) in [7, 11) is -3.64. The molecule has 5 nitrogen and oxygen atoms in total. The molecule has 0 aliphatic carbocycles. The van der Waals surface area contributed by atoms with Crippen LogP contribution in [0.4, 0.5) is 10.1 Å². The maximum Gasteiger partial charge on any atom is 0.243 e. The van der Waals surface area contributed by atoms with E-state index < -0.39 is 22.0 Å². The van der Waals surface area contributed by atoms with Gasteiger partial charge in [-0.2, -0.15) is 11.8 Å². The van der Waals surface area contributed by atoms with Crippen molar-refractivity contribution in [3.8, 4) is 0 Å². The van der Waals surface area contributed by atoms with Gasteiger partial charge in [0.15, 0.2) is 0 Å². The molecule has 1 N–H and O–H groups in total. The molecule has 0 aromatic heterocycles. The number of carbonyl (C=O) groups is 1. The van der Waals surface area contributed by atoms with Gasteiger partial charge in [-0.15, -0.1) is 0 Å². The number of hydrogen-bond acceptors (Lipinski definition) is 4. The van der Waals surface area contributed by atoms with Gasteiger partial charge in [-0.1, -0.05) is 35.4 Å². The van der Waals surface area contributed by atoms with Crippen LogP contribution in [0, 0.1) is 12.7 Å². The van der Waals surface area contributed by atoms with E-state index in [1.165, 1.54) is 17.8 Å². The predicted molar refractivity (Wildman–Crippen MR) is 119 cm³/mol. The van der Waals surface area contributed by atoms with Crippen molar-refractivity contribution in [2.45, 2.75) is 25.6 Å². The van der Waals surface area contributed by atoms with Crippen LogP contribution in [0.2, 0.25) is 5.02 Å². The average Bonchev–Trinajstić information content (AvgIpc) is 2.64. The van der Waals surface area contributed by atoms with Crippen LogP contribution in [-0.4, -0.2) is 38.9 Å². The molecule has 2 rings (SSSR count). The number of rotatable bonds is 9. The van der Waals surface area contributed by atoms with E-state index >= 15 is 0 Å². The van der Waals surface area contributed by atoms with Crippen molar-refractivity contribution in [1.29, 1.82) is 0 Å². The number of amides is 1. The Hall–Kier alpha value is -1.77. The third kappa shape index (κ3) is 6.62. The smallest absolute Gasteiger partial charge is 0.243 e. The topological polar surface area (TPSA) is 66.5 Å². The van der Waals surface area contributed by atoms with Crippen LogP contribution >= 0.6 is 23.4 Å². The highest BCUT2D eigenvalue weighted by molar-refractivity contribution is 7.98. The molecule has 2 aromatic carbocycles. The van der Waals surface area contributed by atoms with Crippen molar-refractivity contribution >= 4 is 45.0 Å². The molecular formula is C20H24ClFN2O3S2. The van der Waals surface area contributed by atoms with Gasteiger partial charge in [0.2, 0.25) is 15.9 Å².